The molecular weight excluding hydrogens is 339 g/mol. The molecule has 8 heteroatoms. The number of benzene rings is 1. The molecule has 1 N–H and O–H groups in total. The SMILES string of the molecule is CSc1cc2c(cc1C(F)(F)F)N(C(=O)Nc1ccncc1)CC2.[HH]. The van der Waals surface area contributed by atoms with Crippen LogP contribution in [0.2, 0.25) is 0 Å². The van der Waals surface area contributed by atoms with E-state index in [4.69, 9.17) is 0 Å². The molecule has 1 aliphatic rings. The number of halogens is 3. The van der Waals surface area contributed by atoms with Crippen LogP contribution in [-0.4, -0.2) is 23.8 Å². The average molecular weight is 355 g/mol. The minimum atomic E-state index is -4.46. The molecule has 0 saturated carbocycles. The van der Waals surface area contributed by atoms with Crippen LogP contribution in [0.4, 0.5) is 29.3 Å². The topological polar surface area (TPSA) is 45.2 Å². The number of fused-ring (bicyclic) bond motifs is 1. The van der Waals surface area contributed by atoms with Gasteiger partial charge in [-0.1, -0.05) is 0 Å². The van der Waals surface area contributed by atoms with Crippen LogP contribution in [-0.2, 0) is 12.6 Å². The second-order valence-corrected chi connectivity index (χ2v) is 6.09. The molecule has 1 aromatic heterocycles. The number of amides is 2. The molecule has 3 rings (SSSR count). The van der Waals surface area contributed by atoms with Gasteiger partial charge in [-0.25, -0.2) is 4.79 Å². The minimum absolute atomic E-state index is 0. The summed E-state index contributed by atoms with van der Waals surface area (Å²) >= 11 is 1.05. The third-order valence-corrected chi connectivity index (χ3v) is 4.56. The summed E-state index contributed by atoms with van der Waals surface area (Å²) in [7, 11) is 0. The lowest BCUT2D eigenvalue weighted by atomic mass is 10.1. The Balaban J connectivity index is 0.00000225. The van der Waals surface area contributed by atoms with E-state index in [0.717, 1.165) is 23.4 Å². The number of nitrogens with zero attached hydrogens (tertiary/aromatic N) is 2. The van der Waals surface area contributed by atoms with E-state index in [1.165, 1.54) is 23.4 Å². The van der Waals surface area contributed by atoms with Gasteiger partial charge in [-0.05, 0) is 42.5 Å². The van der Waals surface area contributed by atoms with Crippen LogP contribution in [0.5, 0.6) is 0 Å². The quantitative estimate of drug-likeness (QED) is 0.797. The second-order valence-electron chi connectivity index (χ2n) is 5.25. The maximum absolute atomic E-state index is 13.2. The van der Waals surface area contributed by atoms with Crippen LogP contribution in [0.15, 0.2) is 41.6 Å². The molecule has 2 aromatic rings. The predicted octanol–water partition coefficient (Wildman–Crippen LogP) is 4.66. The summed E-state index contributed by atoms with van der Waals surface area (Å²) in [4.78, 5) is 17.8. The summed E-state index contributed by atoms with van der Waals surface area (Å²) in [5.41, 5.74) is 0.890. The fraction of sp³-hybridized carbons (Fsp3) is 0.250. The molecule has 0 spiro atoms. The van der Waals surface area contributed by atoms with Crippen molar-refractivity contribution >= 4 is 29.2 Å². The van der Waals surface area contributed by atoms with Crippen molar-refractivity contribution in [3.05, 3.63) is 47.8 Å². The van der Waals surface area contributed by atoms with E-state index in [2.05, 4.69) is 10.3 Å². The Labute approximate surface area is 142 Å². The number of aromatic nitrogens is 1. The molecule has 0 fully saturated rings. The Kier molecular flexibility index (Phi) is 4.40. The fourth-order valence-electron chi connectivity index (χ4n) is 2.64. The Morgan fingerprint density at radius 1 is 1.33 bits per heavy atom. The molecule has 4 nitrogen and oxygen atoms in total. The minimum Gasteiger partial charge on any atom is -0.307 e. The van der Waals surface area contributed by atoms with Gasteiger partial charge in [0.15, 0.2) is 0 Å². The lowest BCUT2D eigenvalue weighted by molar-refractivity contribution is -0.139. The van der Waals surface area contributed by atoms with Crippen LogP contribution in [0.1, 0.15) is 12.6 Å². The standard InChI is InChI=1S/C16H14F3N3OS.H2/c1-24-14-8-10-4-7-22(13(10)9-12(14)16(17,18)19)15(23)21-11-2-5-20-6-3-11;/h2-3,5-6,8-9H,4,7H2,1H3,(H,20,21,23);1H. The molecule has 0 bridgehead atoms. The largest absolute Gasteiger partial charge is 0.417 e. The van der Waals surface area contributed by atoms with Crippen molar-refractivity contribution in [2.45, 2.75) is 17.5 Å². The van der Waals surface area contributed by atoms with E-state index in [1.807, 2.05) is 0 Å². The summed E-state index contributed by atoms with van der Waals surface area (Å²) in [6, 6.07) is 5.38. The molecule has 1 aliphatic heterocycles. The highest BCUT2D eigenvalue weighted by molar-refractivity contribution is 7.98. The first kappa shape index (κ1) is 16.6. The number of urea groups is 1. The van der Waals surface area contributed by atoms with Crippen molar-refractivity contribution in [2.24, 2.45) is 0 Å². The van der Waals surface area contributed by atoms with Crippen molar-refractivity contribution < 1.29 is 19.4 Å². The number of thioether (sulfide) groups is 1. The summed E-state index contributed by atoms with van der Waals surface area (Å²) in [6.45, 7) is 0.349. The lowest BCUT2D eigenvalue weighted by Crippen LogP contribution is -2.33. The Bertz CT molecular complexity index is 771. The Morgan fingerprint density at radius 3 is 2.67 bits per heavy atom. The first-order chi connectivity index (χ1) is 11.4. The van der Waals surface area contributed by atoms with Crippen molar-refractivity contribution in [1.29, 1.82) is 0 Å². The molecule has 0 radical (unpaired) electrons. The van der Waals surface area contributed by atoms with Crippen LogP contribution in [0.3, 0.4) is 0 Å². The summed E-state index contributed by atoms with van der Waals surface area (Å²) in [5, 5.41) is 2.67. The van der Waals surface area contributed by atoms with Gasteiger partial charge in [0.2, 0.25) is 0 Å². The molecule has 24 heavy (non-hydrogen) atoms. The third kappa shape index (κ3) is 3.19. The van der Waals surface area contributed by atoms with Crippen molar-refractivity contribution in [2.75, 3.05) is 23.0 Å². The van der Waals surface area contributed by atoms with Crippen molar-refractivity contribution in [3.63, 3.8) is 0 Å². The molecule has 0 unspecified atom stereocenters. The van der Waals surface area contributed by atoms with Gasteiger partial charge >= 0.3 is 12.2 Å². The van der Waals surface area contributed by atoms with E-state index >= 15 is 0 Å². The number of hydrogen-bond donors (Lipinski definition) is 1. The normalized spacial score (nSPS) is 13.8. The molecule has 0 saturated heterocycles. The van der Waals surface area contributed by atoms with Gasteiger partial charge in [-0.15, -0.1) is 11.8 Å². The predicted molar refractivity (Wildman–Crippen MR) is 89.6 cm³/mol. The molecular formula is C16H16F3N3OS. The highest BCUT2D eigenvalue weighted by atomic mass is 32.2. The molecule has 2 heterocycles. The van der Waals surface area contributed by atoms with E-state index in [0.29, 0.717) is 24.3 Å². The molecule has 128 valence electrons. The number of pyridine rings is 1. The summed E-state index contributed by atoms with van der Waals surface area (Å²) in [6.07, 6.45) is 0.744. The van der Waals surface area contributed by atoms with Crippen molar-refractivity contribution in [1.82, 2.24) is 4.98 Å². The first-order valence-corrected chi connectivity index (χ1v) is 8.39. The third-order valence-electron chi connectivity index (χ3n) is 3.78. The molecule has 0 aliphatic carbocycles. The van der Waals surface area contributed by atoms with Gasteiger partial charge in [-0.3, -0.25) is 9.88 Å². The number of anilines is 2. The van der Waals surface area contributed by atoms with Gasteiger partial charge in [0, 0.05) is 36.6 Å². The highest BCUT2D eigenvalue weighted by Crippen LogP contribution is 2.41. The van der Waals surface area contributed by atoms with Gasteiger partial charge in [-0.2, -0.15) is 13.2 Å². The second kappa shape index (κ2) is 6.35. The van der Waals surface area contributed by atoms with Crippen LogP contribution >= 0.6 is 11.8 Å². The van der Waals surface area contributed by atoms with E-state index in [-0.39, 0.29) is 6.32 Å². The monoisotopic (exact) mass is 355 g/mol. The summed E-state index contributed by atoms with van der Waals surface area (Å²) in [5.74, 6) is 0. The smallest absolute Gasteiger partial charge is 0.307 e. The van der Waals surface area contributed by atoms with Crippen molar-refractivity contribution in [3.8, 4) is 0 Å². The van der Waals surface area contributed by atoms with Crippen LogP contribution < -0.4 is 10.2 Å². The van der Waals surface area contributed by atoms with Gasteiger partial charge < -0.3 is 5.32 Å². The van der Waals surface area contributed by atoms with Gasteiger partial charge in [0.05, 0.1) is 5.56 Å². The molecule has 1 aromatic carbocycles. The zero-order chi connectivity index (χ0) is 17.3. The van der Waals surface area contributed by atoms with E-state index in [1.54, 1.807) is 18.4 Å². The fourth-order valence-corrected chi connectivity index (χ4v) is 3.30. The molecule has 0 atom stereocenters. The van der Waals surface area contributed by atoms with Crippen LogP contribution in [0, 0.1) is 0 Å². The lowest BCUT2D eigenvalue weighted by Gasteiger charge is -2.20. The Morgan fingerprint density at radius 2 is 2.04 bits per heavy atom. The number of hydrogen-bond acceptors (Lipinski definition) is 3. The summed E-state index contributed by atoms with van der Waals surface area (Å²) < 4.78 is 39.7. The zero-order valence-corrected chi connectivity index (χ0v) is 13.5. The molecule has 2 amide bonds. The Hall–Kier alpha value is -2.22. The van der Waals surface area contributed by atoms with Gasteiger partial charge in [0.25, 0.3) is 0 Å². The number of rotatable bonds is 2. The maximum Gasteiger partial charge on any atom is 0.417 e. The van der Waals surface area contributed by atoms with E-state index in [9.17, 15) is 18.0 Å². The van der Waals surface area contributed by atoms with E-state index < -0.39 is 17.8 Å². The number of carbonyl (C=O) groups is 1. The number of carbonyl (C=O) groups excluding carboxylic acids is 1. The number of nitrogens with one attached hydrogen (secondary N) is 1. The highest BCUT2D eigenvalue weighted by Gasteiger charge is 2.36. The average Bonchev–Trinajstić information content (AvgIpc) is 2.96. The number of alkyl halides is 3. The zero-order valence-electron chi connectivity index (χ0n) is 12.7. The maximum atomic E-state index is 13.2. The van der Waals surface area contributed by atoms with Crippen LogP contribution in [0.25, 0.3) is 0 Å². The first-order valence-electron chi connectivity index (χ1n) is 7.17. The van der Waals surface area contributed by atoms with Gasteiger partial charge in [0.1, 0.15) is 0 Å².